The first-order valence-electron chi connectivity index (χ1n) is 7.94. The summed E-state index contributed by atoms with van der Waals surface area (Å²) in [7, 11) is 1.73. The van der Waals surface area contributed by atoms with Crippen molar-refractivity contribution in [3.63, 3.8) is 0 Å². The Labute approximate surface area is 136 Å². The van der Waals surface area contributed by atoms with Gasteiger partial charge in [-0.1, -0.05) is 35.9 Å². The molecule has 4 rings (SSSR count). The summed E-state index contributed by atoms with van der Waals surface area (Å²) in [6.07, 6.45) is 4.70. The van der Waals surface area contributed by atoms with Gasteiger partial charge in [-0.15, -0.1) is 0 Å². The van der Waals surface area contributed by atoms with Gasteiger partial charge in [-0.2, -0.15) is 0 Å². The van der Waals surface area contributed by atoms with Crippen LogP contribution in [0.2, 0.25) is 5.02 Å². The van der Waals surface area contributed by atoms with Gasteiger partial charge in [0.2, 0.25) is 0 Å². The first-order chi connectivity index (χ1) is 10.7. The number of aryl methyl sites for hydroxylation is 1. The van der Waals surface area contributed by atoms with Crippen LogP contribution in [0.25, 0.3) is 0 Å². The van der Waals surface area contributed by atoms with Gasteiger partial charge in [-0.05, 0) is 48.9 Å². The van der Waals surface area contributed by atoms with Gasteiger partial charge < -0.3 is 9.64 Å². The van der Waals surface area contributed by atoms with Crippen molar-refractivity contribution in [2.24, 2.45) is 0 Å². The molecule has 0 spiro atoms. The first-order valence-corrected chi connectivity index (χ1v) is 8.32. The second-order valence-corrected chi connectivity index (χ2v) is 6.67. The lowest BCUT2D eigenvalue weighted by Gasteiger charge is -2.39. The maximum Gasteiger partial charge on any atom is 0.120 e. The molecule has 0 amide bonds. The third kappa shape index (κ3) is 2.09. The molecule has 1 saturated carbocycles. The molecule has 0 N–H and O–H groups in total. The predicted molar refractivity (Wildman–Crippen MR) is 91.0 cm³/mol. The van der Waals surface area contributed by atoms with Crippen LogP contribution in [0, 0.1) is 0 Å². The number of ether oxygens (including phenoxy) is 1. The fourth-order valence-corrected chi connectivity index (χ4v) is 4.08. The lowest BCUT2D eigenvalue weighted by Crippen LogP contribution is -2.39. The van der Waals surface area contributed by atoms with Crippen molar-refractivity contribution >= 4 is 17.3 Å². The van der Waals surface area contributed by atoms with Gasteiger partial charge in [-0.25, -0.2) is 0 Å². The minimum atomic E-state index is 0.0832. The molecule has 0 saturated heterocycles. The van der Waals surface area contributed by atoms with E-state index in [1.807, 2.05) is 12.1 Å². The van der Waals surface area contributed by atoms with E-state index in [9.17, 15) is 0 Å². The summed E-state index contributed by atoms with van der Waals surface area (Å²) in [6.45, 7) is 1.09. The van der Waals surface area contributed by atoms with Crippen LogP contribution in [0.1, 0.15) is 30.4 Å². The van der Waals surface area contributed by atoms with Crippen LogP contribution in [-0.4, -0.2) is 13.7 Å². The van der Waals surface area contributed by atoms with Crippen LogP contribution >= 0.6 is 11.6 Å². The number of hydrogen-bond acceptors (Lipinski definition) is 2. The minimum absolute atomic E-state index is 0.0832. The molecule has 0 bridgehead atoms. The maximum atomic E-state index is 6.50. The third-order valence-corrected chi connectivity index (χ3v) is 5.36. The highest BCUT2D eigenvalue weighted by atomic mass is 35.5. The zero-order chi connectivity index (χ0) is 15.2. The quantitative estimate of drug-likeness (QED) is 0.807. The molecule has 0 aromatic heterocycles. The monoisotopic (exact) mass is 313 g/mol. The van der Waals surface area contributed by atoms with Crippen LogP contribution in [-0.2, 0) is 12.0 Å². The largest absolute Gasteiger partial charge is 0.497 e. The molecule has 2 nitrogen and oxygen atoms in total. The number of benzene rings is 2. The van der Waals surface area contributed by atoms with E-state index in [0.717, 1.165) is 23.7 Å². The molecule has 22 heavy (non-hydrogen) atoms. The number of rotatable bonds is 3. The van der Waals surface area contributed by atoms with Crippen molar-refractivity contribution in [1.29, 1.82) is 0 Å². The molecule has 2 aliphatic rings. The molecule has 0 unspecified atom stereocenters. The van der Waals surface area contributed by atoms with Gasteiger partial charge in [0.25, 0.3) is 0 Å². The molecule has 114 valence electrons. The van der Waals surface area contributed by atoms with E-state index in [-0.39, 0.29) is 5.54 Å². The van der Waals surface area contributed by atoms with Crippen molar-refractivity contribution in [3.05, 3.63) is 58.6 Å². The normalized spacial score (nSPS) is 18.7. The SMILES string of the molecule is COc1ccc2c(c1)N(C1(c3ccccc3Cl)CC1)CCC2. The molecule has 1 fully saturated rings. The van der Waals surface area contributed by atoms with Crippen molar-refractivity contribution < 1.29 is 4.74 Å². The average Bonchev–Trinajstić information content (AvgIpc) is 3.35. The molecule has 0 radical (unpaired) electrons. The van der Waals surface area contributed by atoms with Crippen LogP contribution < -0.4 is 9.64 Å². The Bertz CT molecular complexity index is 708. The van der Waals surface area contributed by atoms with Gasteiger partial charge >= 0.3 is 0 Å². The fraction of sp³-hybridized carbons (Fsp3) is 0.368. The summed E-state index contributed by atoms with van der Waals surface area (Å²) < 4.78 is 5.44. The van der Waals surface area contributed by atoms with Crippen molar-refractivity contribution in [1.82, 2.24) is 0 Å². The predicted octanol–water partition coefficient (Wildman–Crippen LogP) is 4.79. The molecule has 1 aliphatic carbocycles. The minimum Gasteiger partial charge on any atom is -0.497 e. The van der Waals surface area contributed by atoms with Gasteiger partial charge in [0.05, 0.1) is 12.6 Å². The number of halogens is 1. The zero-order valence-electron chi connectivity index (χ0n) is 12.8. The maximum absolute atomic E-state index is 6.50. The van der Waals surface area contributed by atoms with E-state index >= 15 is 0 Å². The summed E-state index contributed by atoms with van der Waals surface area (Å²) in [4.78, 5) is 2.57. The number of anilines is 1. The van der Waals surface area contributed by atoms with Crippen molar-refractivity contribution in [2.45, 2.75) is 31.2 Å². The van der Waals surface area contributed by atoms with E-state index in [1.165, 1.54) is 36.1 Å². The van der Waals surface area contributed by atoms with E-state index in [4.69, 9.17) is 16.3 Å². The lowest BCUT2D eigenvalue weighted by molar-refractivity contribution is 0.414. The standard InChI is InChI=1S/C19H20ClNO/c1-22-15-9-8-14-5-4-12-21(18(14)13-15)19(10-11-19)16-6-2-3-7-17(16)20/h2-3,6-9,13H,4-5,10-12H2,1H3. The molecule has 1 heterocycles. The van der Waals surface area contributed by atoms with Gasteiger partial charge in [0.15, 0.2) is 0 Å². The molecule has 0 atom stereocenters. The van der Waals surface area contributed by atoms with Gasteiger partial charge in [-0.3, -0.25) is 0 Å². The highest BCUT2D eigenvalue weighted by Crippen LogP contribution is 2.56. The van der Waals surface area contributed by atoms with Crippen LogP contribution in [0.15, 0.2) is 42.5 Å². The van der Waals surface area contributed by atoms with Crippen LogP contribution in [0.4, 0.5) is 5.69 Å². The van der Waals surface area contributed by atoms with E-state index < -0.39 is 0 Å². The van der Waals surface area contributed by atoms with E-state index in [2.05, 4.69) is 35.2 Å². The first kappa shape index (κ1) is 14.0. The summed E-state index contributed by atoms with van der Waals surface area (Å²) >= 11 is 6.50. The molecular formula is C19H20ClNO. The van der Waals surface area contributed by atoms with Crippen LogP contribution in [0.3, 0.4) is 0 Å². The Balaban J connectivity index is 1.80. The zero-order valence-corrected chi connectivity index (χ0v) is 13.6. The summed E-state index contributed by atoms with van der Waals surface area (Å²) in [5.74, 6) is 0.931. The average molecular weight is 314 g/mol. The smallest absolute Gasteiger partial charge is 0.120 e. The Kier molecular flexibility index (Phi) is 3.30. The topological polar surface area (TPSA) is 12.5 Å². The van der Waals surface area contributed by atoms with Crippen molar-refractivity contribution in [3.8, 4) is 5.75 Å². The fourth-order valence-electron chi connectivity index (χ4n) is 3.77. The Morgan fingerprint density at radius 1 is 1.14 bits per heavy atom. The number of methoxy groups -OCH3 is 1. The molecule has 2 aromatic rings. The van der Waals surface area contributed by atoms with E-state index in [0.29, 0.717) is 0 Å². The Morgan fingerprint density at radius 3 is 2.68 bits per heavy atom. The number of hydrogen-bond donors (Lipinski definition) is 0. The molecule has 2 aromatic carbocycles. The second kappa shape index (κ2) is 5.20. The highest BCUT2D eigenvalue weighted by Gasteiger charge is 2.51. The number of fused-ring (bicyclic) bond motifs is 1. The summed E-state index contributed by atoms with van der Waals surface area (Å²) in [5, 5.41) is 0.884. The van der Waals surface area contributed by atoms with Crippen LogP contribution in [0.5, 0.6) is 5.75 Å². The molecule has 3 heteroatoms. The Morgan fingerprint density at radius 2 is 1.95 bits per heavy atom. The summed E-state index contributed by atoms with van der Waals surface area (Å²) in [5.41, 5.74) is 4.10. The number of nitrogens with zero attached hydrogens (tertiary/aromatic N) is 1. The van der Waals surface area contributed by atoms with E-state index in [1.54, 1.807) is 7.11 Å². The molecule has 1 aliphatic heterocycles. The second-order valence-electron chi connectivity index (χ2n) is 6.26. The third-order valence-electron chi connectivity index (χ3n) is 5.03. The molecular weight excluding hydrogens is 294 g/mol. The highest BCUT2D eigenvalue weighted by molar-refractivity contribution is 6.31. The van der Waals surface area contributed by atoms with Gasteiger partial charge in [0.1, 0.15) is 5.75 Å². The van der Waals surface area contributed by atoms with Crippen molar-refractivity contribution in [2.75, 3.05) is 18.6 Å². The lowest BCUT2D eigenvalue weighted by atomic mass is 9.95. The van der Waals surface area contributed by atoms with Gasteiger partial charge in [0, 0.05) is 23.3 Å². The Hall–Kier alpha value is -1.67. The summed E-state index contributed by atoms with van der Waals surface area (Å²) in [6, 6.07) is 14.8.